The van der Waals surface area contributed by atoms with Crippen molar-refractivity contribution in [2.24, 2.45) is 0 Å². The third-order valence-electron chi connectivity index (χ3n) is 7.18. The summed E-state index contributed by atoms with van der Waals surface area (Å²) in [7, 11) is 0. The highest BCUT2D eigenvalue weighted by molar-refractivity contribution is 7.18. The van der Waals surface area contributed by atoms with E-state index in [1.807, 2.05) is 11.3 Å². The SMILES string of the molecule is C1=C(c2ccccc2)CCc2c1c1ccccc1n2-c1ccc(-c2ccc(-c3ccccc3)s2)cc1. The lowest BCUT2D eigenvalue weighted by Gasteiger charge is -2.18. The monoisotopic (exact) mass is 479 g/mol. The molecular formula is C34H25NS. The molecular weight excluding hydrogens is 454 g/mol. The van der Waals surface area contributed by atoms with Crippen LogP contribution in [0.4, 0.5) is 0 Å². The smallest absolute Gasteiger partial charge is 0.0537 e. The number of aromatic nitrogens is 1. The van der Waals surface area contributed by atoms with Gasteiger partial charge in [-0.05, 0) is 71.5 Å². The maximum atomic E-state index is 2.47. The molecule has 0 saturated carbocycles. The number of fused-ring (bicyclic) bond motifs is 3. The van der Waals surface area contributed by atoms with Crippen molar-refractivity contribution in [3.63, 3.8) is 0 Å². The molecule has 0 unspecified atom stereocenters. The molecule has 2 aromatic heterocycles. The standard InChI is InChI=1S/C34H25NS/c1-3-9-24(10-4-1)27-17-20-32-30(23-27)29-13-7-8-14-31(29)35(32)28-18-15-26(16-19-28)34-22-21-33(36-34)25-11-5-2-6-12-25/h1-16,18-19,21-23H,17,20H2. The van der Waals surface area contributed by atoms with E-state index in [1.54, 1.807) is 0 Å². The van der Waals surface area contributed by atoms with Crippen LogP contribution in [-0.2, 0) is 6.42 Å². The van der Waals surface area contributed by atoms with Crippen LogP contribution in [0.5, 0.6) is 0 Å². The van der Waals surface area contributed by atoms with Crippen LogP contribution in [0.15, 0.2) is 121 Å². The van der Waals surface area contributed by atoms with Gasteiger partial charge >= 0.3 is 0 Å². The van der Waals surface area contributed by atoms with Gasteiger partial charge in [-0.3, -0.25) is 0 Å². The average Bonchev–Trinajstić information content (AvgIpc) is 3.58. The van der Waals surface area contributed by atoms with E-state index in [0.717, 1.165) is 12.8 Å². The Bertz CT molecular complexity index is 1700. The number of rotatable bonds is 4. The Labute approximate surface area is 215 Å². The first-order valence-corrected chi connectivity index (χ1v) is 13.3. The normalized spacial score (nSPS) is 12.9. The van der Waals surface area contributed by atoms with E-state index in [0.29, 0.717) is 0 Å². The maximum absolute atomic E-state index is 2.47. The van der Waals surface area contributed by atoms with Crippen LogP contribution in [0.25, 0.3) is 49.1 Å². The third kappa shape index (κ3) is 3.62. The zero-order valence-electron chi connectivity index (χ0n) is 19.9. The molecule has 0 amide bonds. The average molecular weight is 480 g/mol. The highest BCUT2D eigenvalue weighted by Gasteiger charge is 2.21. The summed E-state index contributed by atoms with van der Waals surface area (Å²) in [6, 6.07) is 43.8. The molecule has 7 rings (SSSR count). The second-order valence-corrected chi connectivity index (χ2v) is 10.4. The van der Waals surface area contributed by atoms with E-state index in [9.17, 15) is 0 Å². The summed E-state index contributed by atoms with van der Waals surface area (Å²) in [6.07, 6.45) is 4.51. The van der Waals surface area contributed by atoms with Crippen molar-refractivity contribution >= 4 is 33.9 Å². The molecule has 0 bridgehead atoms. The quantitative estimate of drug-likeness (QED) is 0.237. The molecule has 0 spiro atoms. The second-order valence-electron chi connectivity index (χ2n) is 9.33. The molecule has 1 aliphatic carbocycles. The number of para-hydroxylation sites is 1. The van der Waals surface area contributed by atoms with Crippen molar-refractivity contribution in [1.82, 2.24) is 4.57 Å². The topological polar surface area (TPSA) is 4.93 Å². The highest BCUT2D eigenvalue weighted by atomic mass is 32.1. The van der Waals surface area contributed by atoms with Crippen molar-refractivity contribution in [1.29, 1.82) is 0 Å². The van der Waals surface area contributed by atoms with Gasteiger partial charge in [0.25, 0.3) is 0 Å². The van der Waals surface area contributed by atoms with Crippen molar-refractivity contribution in [3.8, 4) is 26.6 Å². The number of hydrogen-bond acceptors (Lipinski definition) is 1. The molecule has 0 saturated heterocycles. The van der Waals surface area contributed by atoms with E-state index in [1.165, 1.54) is 59.9 Å². The fourth-order valence-corrected chi connectivity index (χ4v) is 6.44. The first-order chi connectivity index (χ1) is 17.8. The molecule has 1 nitrogen and oxygen atoms in total. The minimum absolute atomic E-state index is 1.04. The minimum Gasteiger partial charge on any atom is -0.313 e. The summed E-state index contributed by atoms with van der Waals surface area (Å²) in [5, 5.41) is 1.33. The molecule has 1 aliphatic rings. The number of benzene rings is 4. The molecule has 0 atom stereocenters. The molecule has 0 aliphatic heterocycles. The lowest BCUT2D eigenvalue weighted by atomic mass is 9.91. The summed E-state index contributed by atoms with van der Waals surface area (Å²) in [5.74, 6) is 0. The predicted octanol–water partition coefficient (Wildman–Crippen LogP) is 9.51. The molecule has 172 valence electrons. The van der Waals surface area contributed by atoms with Gasteiger partial charge in [0, 0.05) is 32.1 Å². The van der Waals surface area contributed by atoms with E-state index >= 15 is 0 Å². The van der Waals surface area contributed by atoms with Gasteiger partial charge in [-0.15, -0.1) is 11.3 Å². The lowest BCUT2D eigenvalue weighted by Crippen LogP contribution is -2.05. The maximum Gasteiger partial charge on any atom is 0.0537 e. The second kappa shape index (κ2) is 8.82. The van der Waals surface area contributed by atoms with Gasteiger partial charge in [-0.1, -0.05) is 91.0 Å². The van der Waals surface area contributed by atoms with Crippen molar-refractivity contribution in [2.75, 3.05) is 0 Å². The molecule has 0 radical (unpaired) electrons. The zero-order valence-corrected chi connectivity index (χ0v) is 20.7. The zero-order chi connectivity index (χ0) is 23.9. The Morgan fingerprint density at radius 3 is 1.86 bits per heavy atom. The molecule has 0 fully saturated rings. The van der Waals surface area contributed by atoms with Crippen LogP contribution < -0.4 is 0 Å². The van der Waals surface area contributed by atoms with E-state index in [2.05, 4.69) is 132 Å². The third-order valence-corrected chi connectivity index (χ3v) is 8.37. The Kier molecular flexibility index (Phi) is 5.18. The summed E-state index contributed by atoms with van der Waals surface area (Å²) < 4.78 is 2.47. The fraction of sp³-hybridized carbons (Fsp3) is 0.0588. The van der Waals surface area contributed by atoms with Crippen molar-refractivity contribution in [3.05, 3.63) is 138 Å². The number of thiophene rings is 1. The molecule has 2 heterocycles. The van der Waals surface area contributed by atoms with Crippen LogP contribution >= 0.6 is 11.3 Å². The van der Waals surface area contributed by atoms with Crippen molar-refractivity contribution < 1.29 is 0 Å². The predicted molar refractivity (Wildman–Crippen MR) is 155 cm³/mol. The van der Waals surface area contributed by atoms with Crippen LogP contribution in [0.2, 0.25) is 0 Å². The molecule has 4 aromatic carbocycles. The van der Waals surface area contributed by atoms with Gasteiger partial charge in [0.05, 0.1) is 5.52 Å². The fourth-order valence-electron chi connectivity index (χ4n) is 5.42. The molecule has 6 aromatic rings. The van der Waals surface area contributed by atoms with E-state index in [4.69, 9.17) is 0 Å². The summed E-state index contributed by atoms with van der Waals surface area (Å²) >= 11 is 1.85. The minimum atomic E-state index is 1.04. The number of allylic oxidation sites excluding steroid dienone is 1. The van der Waals surface area contributed by atoms with Crippen LogP contribution in [0.3, 0.4) is 0 Å². The summed E-state index contributed by atoms with van der Waals surface area (Å²) in [4.78, 5) is 2.61. The highest BCUT2D eigenvalue weighted by Crippen LogP contribution is 2.39. The summed E-state index contributed by atoms with van der Waals surface area (Å²) in [6.45, 7) is 0. The Morgan fingerprint density at radius 2 is 1.14 bits per heavy atom. The summed E-state index contributed by atoms with van der Waals surface area (Å²) in [5.41, 5.74) is 10.6. The number of hydrogen-bond donors (Lipinski definition) is 0. The lowest BCUT2D eigenvalue weighted by molar-refractivity contribution is 0.898. The van der Waals surface area contributed by atoms with Crippen LogP contribution in [0, 0.1) is 0 Å². The van der Waals surface area contributed by atoms with Crippen LogP contribution in [-0.4, -0.2) is 4.57 Å². The number of nitrogens with zero attached hydrogens (tertiary/aromatic N) is 1. The van der Waals surface area contributed by atoms with E-state index < -0.39 is 0 Å². The van der Waals surface area contributed by atoms with Gasteiger partial charge in [0.2, 0.25) is 0 Å². The van der Waals surface area contributed by atoms with Gasteiger partial charge in [0.1, 0.15) is 0 Å². The molecule has 0 N–H and O–H groups in total. The Balaban J connectivity index is 1.28. The molecule has 36 heavy (non-hydrogen) atoms. The largest absolute Gasteiger partial charge is 0.313 e. The van der Waals surface area contributed by atoms with E-state index in [-0.39, 0.29) is 0 Å². The van der Waals surface area contributed by atoms with Crippen molar-refractivity contribution in [2.45, 2.75) is 12.8 Å². The van der Waals surface area contributed by atoms with Gasteiger partial charge in [0.15, 0.2) is 0 Å². The van der Waals surface area contributed by atoms with Crippen LogP contribution in [0.1, 0.15) is 23.2 Å². The van der Waals surface area contributed by atoms with Gasteiger partial charge in [-0.2, -0.15) is 0 Å². The first kappa shape index (κ1) is 21.2. The Morgan fingerprint density at radius 1 is 0.528 bits per heavy atom. The van der Waals surface area contributed by atoms with Gasteiger partial charge < -0.3 is 4.57 Å². The molecule has 2 heteroatoms. The van der Waals surface area contributed by atoms with Gasteiger partial charge in [-0.25, -0.2) is 0 Å². The Hall–Kier alpha value is -4.14. The first-order valence-electron chi connectivity index (χ1n) is 12.5.